The molecule has 0 saturated carbocycles. The van der Waals surface area contributed by atoms with Gasteiger partial charge in [-0.3, -0.25) is 0 Å². The van der Waals surface area contributed by atoms with Gasteiger partial charge in [0.25, 0.3) is 0 Å². The number of aliphatic hydroxyl groups is 1. The Hall–Kier alpha value is -2.16. The van der Waals surface area contributed by atoms with Gasteiger partial charge in [-0.25, -0.2) is 19.2 Å². The molecule has 0 fully saturated rings. The molecule has 0 heterocycles. The van der Waals surface area contributed by atoms with Crippen LogP contribution in [0.3, 0.4) is 0 Å². The fraction of sp³-hybridized carbons (Fsp3) is 0.667. The van der Waals surface area contributed by atoms with E-state index in [9.17, 15) is 19.2 Å². The summed E-state index contributed by atoms with van der Waals surface area (Å²) in [4.78, 5) is 44.5. The number of aliphatic carboxylic acids is 1. The molecule has 0 rings (SSSR count). The van der Waals surface area contributed by atoms with Gasteiger partial charge in [-0.05, 0) is 27.7 Å². The molecule has 0 aromatic carbocycles. The van der Waals surface area contributed by atoms with Gasteiger partial charge >= 0.3 is 23.9 Å². The number of aliphatic hydroxyl groups excluding tert-OH is 1. The molecule has 0 aliphatic rings. The Kier molecular flexibility index (Phi) is 7.36. The maximum Gasteiger partial charge on any atom is 0.347 e. The smallest absolute Gasteiger partial charge is 0.347 e. The number of hydrogen-bond acceptors (Lipinski definition) is 8. The molecule has 21 heavy (non-hydrogen) atoms. The van der Waals surface area contributed by atoms with Crippen LogP contribution in [-0.2, 0) is 33.4 Å². The van der Waals surface area contributed by atoms with Gasteiger partial charge in [0, 0.05) is 0 Å². The van der Waals surface area contributed by atoms with Gasteiger partial charge in [0.05, 0.1) is 0 Å². The quantitative estimate of drug-likeness (QED) is 0.459. The highest BCUT2D eigenvalue weighted by Crippen LogP contribution is 2.04. The first-order chi connectivity index (χ1) is 9.56. The molecular weight excluding hydrogens is 288 g/mol. The van der Waals surface area contributed by atoms with Crippen LogP contribution in [0, 0.1) is 0 Å². The Labute approximate surface area is 120 Å². The van der Waals surface area contributed by atoms with E-state index in [2.05, 4.69) is 14.2 Å². The predicted octanol–water partition coefficient (Wildman–Crippen LogP) is -0.753. The van der Waals surface area contributed by atoms with Crippen molar-refractivity contribution in [2.45, 2.75) is 52.1 Å². The highest BCUT2D eigenvalue weighted by Gasteiger charge is 2.28. The molecule has 0 saturated heterocycles. The van der Waals surface area contributed by atoms with Crippen LogP contribution in [0.2, 0.25) is 0 Å². The molecule has 0 spiro atoms. The molecule has 0 radical (unpaired) electrons. The fourth-order valence-corrected chi connectivity index (χ4v) is 0.959. The minimum absolute atomic E-state index is 1.02. The van der Waals surface area contributed by atoms with Crippen molar-refractivity contribution in [2.75, 3.05) is 0 Å². The molecule has 0 aromatic rings. The van der Waals surface area contributed by atoms with E-state index in [1.54, 1.807) is 0 Å². The van der Waals surface area contributed by atoms with E-state index < -0.39 is 48.3 Å². The zero-order valence-electron chi connectivity index (χ0n) is 12.1. The summed E-state index contributed by atoms with van der Waals surface area (Å²) in [5.74, 6) is -4.45. The third-order valence-electron chi connectivity index (χ3n) is 2.23. The molecule has 0 amide bonds. The lowest BCUT2D eigenvalue weighted by molar-refractivity contribution is -0.182. The normalized spacial score (nSPS) is 16.0. The molecule has 9 nitrogen and oxygen atoms in total. The molecule has 120 valence electrons. The minimum atomic E-state index is -1.40. The topological polar surface area (TPSA) is 136 Å². The van der Waals surface area contributed by atoms with E-state index in [4.69, 9.17) is 10.2 Å². The summed E-state index contributed by atoms with van der Waals surface area (Å²) in [5.41, 5.74) is 0. The van der Waals surface area contributed by atoms with Crippen molar-refractivity contribution >= 4 is 23.9 Å². The van der Waals surface area contributed by atoms with Crippen LogP contribution in [0.1, 0.15) is 27.7 Å². The predicted molar refractivity (Wildman–Crippen MR) is 66.0 cm³/mol. The zero-order chi connectivity index (χ0) is 16.7. The van der Waals surface area contributed by atoms with Gasteiger partial charge in [0.15, 0.2) is 18.3 Å². The van der Waals surface area contributed by atoms with Crippen molar-refractivity contribution < 1.29 is 43.6 Å². The number of rotatable bonds is 7. The van der Waals surface area contributed by atoms with Crippen molar-refractivity contribution in [3.05, 3.63) is 0 Å². The lowest BCUT2D eigenvalue weighted by atomic mass is 10.3. The number of ether oxygens (including phenoxy) is 3. The van der Waals surface area contributed by atoms with Crippen molar-refractivity contribution in [2.24, 2.45) is 0 Å². The summed E-state index contributed by atoms with van der Waals surface area (Å²) < 4.78 is 13.7. The first kappa shape index (κ1) is 18.8. The minimum Gasteiger partial charge on any atom is -0.479 e. The second-order valence-corrected chi connectivity index (χ2v) is 4.25. The van der Waals surface area contributed by atoms with Crippen LogP contribution >= 0.6 is 0 Å². The monoisotopic (exact) mass is 306 g/mol. The molecular formula is C12H18O9. The molecule has 2 N–H and O–H groups in total. The molecule has 0 bridgehead atoms. The average molecular weight is 306 g/mol. The van der Waals surface area contributed by atoms with Gasteiger partial charge in [0.2, 0.25) is 0 Å². The summed E-state index contributed by atoms with van der Waals surface area (Å²) in [6.45, 7) is 4.67. The second-order valence-electron chi connectivity index (χ2n) is 4.25. The SMILES string of the molecule is C[C@H](O)C(=O)O[C@H](C)C(=O)O[C@H](C)C(=O)O[C@H](C)C(=O)O. The number of carbonyl (C=O) groups excluding carboxylic acids is 3. The van der Waals surface area contributed by atoms with E-state index in [1.807, 2.05) is 0 Å². The first-order valence-electron chi connectivity index (χ1n) is 6.08. The van der Waals surface area contributed by atoms with Crippen molar-refractivity contribution in [1.29, 1.82) is 0 Å². The zero-order valence-corrected chi connectivity index (χ0v) is 12.1. The molecule has 0 aliphatic heterocycles. The van der Waals surface area contributed by atoms with Crippen LogP contribution in [-0.4, -0.2) is 58.5 Å². The molecule has 0 aliphatic carbocycles. The summed E-state index contributed by atoms with van der Waals surface area (Å²) in [6.07, 6.45) is -5.49. The number of carboxylic acids is 1. The maximum absolute atomic E-state index is 11.5. The van der Waals surface area contributed by atoms with Crippen LogP contribution in [0.4, 0.5) is 0 Å². The summed E-state index contributed by atoms with van der Waals surface area (Å²) in [7, 11) is 0. The summed E-state index contributed by atoms with van der Waals surface area (Å²) >= 11 is 0. The van der Waals surface area contributed by atoms with E-state index in [-0.39, 0.29) is 0 Å². The summed E-state index contributed by atoms with van der Waals surface area (Å²) in [5, 5.41) is 17.5. The standard InChI is InChI=1S/C12H18O9/c1-5(13)10(16)20-7(3)12(18)21-8(4)11(17)19-6(2)9(14)15/h5-8,13H,1-4H3,(H,14,15)/t5-,6+,7+,8+/m0/s1. The van der Waals surface area contributed by atoms with Gasteiger partial charge in [-0.2, -0.15) is 0 Å². The van der Waals surface area contributed by atoms with Crippen LogP contribution in [0.25, 0.3) is 0 Å². The van der Waals surface area contributed by atoms with Crippen LogP contribution in [0.15, 0.2) is 0 Å². The number of hydrogen-bond donors (Lipinski definition) is 2. The molecule has 9 heteroatoms. The Morgan fingerprint density at radius 2 is 1.05 bits per heavy atom. The van der Waals surface area contributed by atoms with Crippen LogP contribution in [0.5, 0.6) is 0 Å². The number of carbonyl (C=O) groups is 4. The average Bonchev–Trinajstić information content (AvgIpc) is 2.37. The highest BCUT2D eigenvalue weighted by molar-refractivity contribution is 5.84. The van der Waals surface area contributed by atoms with Crippen molar-refractivity contribution in [1.82, 2.24) is 0 Å². The Bertz CT molecular complexity index is 415. The fourth-order valence-electron chi connectivity index (χ4n) is 0.959. The van der Waals surface area contributed by atoms with Gasteiger partial charge < -0.3 is 24.4 Å². The van der Waals surface area contributed by atoms with Gasteiger partial charge in [-0.1, -0.05) is 0 Å². The Balaban J connectivity index is 4.40. The molecule has 0 unspecified atom stereocenters. The van der Waals surface area contributed by atoms with E-state index in [1.165, 1.54) is 13.8 Å². The molecule has 0 aromatic heterocycles. The second kappa shape index (κ2) is 8.20. The first-order valence-corrected chi connectivity index (χ1v) is 6.08. The third kappa shape index (κ3) is 6.70. The lowest BCUT2D eigenvalue weighted by Crippen LogP contribution is -2.36. The maximum atomic E-state index is 11.5. The van der Waals surface area contributed by atoms with Gasteiger partial charge in [0.1, 0.15) is 6.10 Å². The Morgan fingerprint density at radius 3 is 1.38 bits per heavy atom. The third-order valence-corrected chi connectivity index (χ3v) is 2.23. The Morgan fingerprint density at radius 1 is 0.714 bits per heavy atom. The summed E-state index contributed by atoms with van der Waals surface area (Å²) in [6, 6.07) is 0. The van der Waals surface area contributed by atoms with E-state index in [0.29, 0.717) is 0 Å². The van der Waals surface area contributed by atoms with Crippen molar-refractivity contribution in [3.63, 3.8) is 0 Å². The van der Waals surface area contributed by atoms with E-state index in [0.717, 1.165) is 13.8 Å². The van der Waals surface area contributed by atoms with Crippen LogP contribution < -0.4 is 0 Å². The lowest BCUT2D eigenvalue weighted by Gasteiger charge is -2.18. The number of esters is 3. The molecule has 4 atom stereocenters. The van der Waals surface area contributed by atoms with E-state index >= 15 is 0 Å². The largest absolute Gasteiger partial charge is 0.479 e. The van der Waals surface area contributed by atoms with Crippen molar-refractivity contribution in [3.8, 4) is 0 Å². The highest BCUT2D eigenvalue weighted by atomic mass is 16.6. The number of carboxylic acid groups (broad SMARTS) is 1. The van der Waals surface area contributed by atoms with Gasteiger partial charge in [-0.15, -0.1) is 0 Å².